The number of oxazole rings is 1. The third-order valence-electron chi connectivity index (χ3n) is 8.09. The SMILES string of the molecule is COC1CCN(c2nc3ccc(C(=O)N4CCN(C5NC(=O)C6CCCCC6N5)CC4)cc3o2)C1. The Labute approximate surface area is 204 Å². The standard InChI is InChI=1S/C25H34N6O4/c1-34-17-8-9-31(15-17)25-27-20-7-6-16(14-21(20)35-25)23(33)29-10-12-30(13-11-29)24-26-19-5-3-2-4-18(19)22(32)28-24/h6-7,14,17-19,24,26H,2-5,8-13,15H2,1H3,(H,28,32). The van der Waals surface area contributed by atoms with Crippen LogP contribution in [0.5, 0.6) is 0 Å². The molecule has 0 spiro atoms. The number of piperazine rings is 1. The fourth-order valence-corrected chi connectivity index (χ4v) is 5.97. The zero-order valence-corrected chi connectivity index (χ0v) is 20.2. The van der Waals surface area contributed by atoms with Crippen LogP contribution in [-0.4, -0.2) is 91.4 Å². The molecule has 1 saturated carbocycles. The van der Waals surface area contributed by atoms with Crippen molar-refractivity contribution in [2.24, 2.45) is 5.92 Å². The first-order valence-corrected chi connectivity index (χ1v) is 12.9. The summed E-state index contributed by atoms with van der Waals surface area (Å²) in [5.41, 5.74) is 1.99. The number of anilines is 1. The van der Waals surface area contributed by atoms with Crippen molar-refractivity contribution >= 4 is 28.9 Å². The molecule has 2 amide bonds. The summed E-state index contributed by atoms with van der Waals surface area (Å²) in [6.45, 7) is 4.27. The molecular weight excluding hydrogens is 448 g/mol. The van der Waals surface area contributed by atoms with Gasteiger partial charge in [0.1, 0.15) is 11.8 Å². The quantitative estimate of drug-likeness (QED) is 0.674. The average Bonchev–Trinajstić information content (AvgIpc) is 3.55. The third-order valence-corrected chi connectivity index (χ3v) is 8.09. The molecule has 35 heavy (non-hydrogen) atoms. The Balaban J connectivity index is 1.08. The highest BCUT2D eigenvalue weighted by Crippen LogP contribution is 2.29. The third kappa shape index (κ3) is 4.39. The lowest BCUT2D eigenvalue weighted by atomic mass is 9.82. The average molecular weight is 483 g/mol. The van der Waals surface area contributed by atoms with Gasteiger partial charge in [0, 0.05) is 58.0 Å². The molecule has 2 aromatic rings. The van der Waals surface area contributed by atoms with E-state index in [9.17, 15) is 9.59 Å². The van der Waals surface area contributed by atoms with Crippen LogP contribution in [0, 0.1) is 5.92 Å². The minimum atomic E-state index is -0.147. The number of amides is 2. The van der Waals surface area contributed by atoms with Gasteiger partial charge in [0.2, 0.25) is 5.91 Å². The predicted octanol–water partition coefficient (Wildman–Crippen LogP) is 1.37. The summed E-state index contributed by atoms with van der Waals surface area (Å²) in [5.74, 6) is 0.266. The Hall–Kier alpha value is -2.69. The number of carbonyl (C=O) groups is 2. The van der Waals surface area contributed by atoms with Crippen molar-refractivity contribution in [2.75, 3.05) is 51.3 Å². The van der Waals surface area contributed by atoms with E-state index in [0.717, 1.165) is 44.3 Å². The normalized spacial score (nSPS) is 29.9. The number of rotatable bonds is 4. The molecule has 3 aliphatic heterocycles. The molecule has 0 radical (unpaired) electrons. The number of hydrogen-bond donors (Lipinski definition) is 2. The minimum Gasteiger partial charge on any atom is -0.423 e. The lowest BCUT2D eigenvalue weighted by molar-refractivity contribution is -0.134. The molecule has 10 heteroatoms. The number of carbonyl (C=O) groups excluding carboxylic acids is 2. The van der Waals surface area contributed by atoms with Crippen molar-refractivity contribution in [3.05, 3.63) is 23.8 Å². The first kappa shape index (κ1) is 22.8. The second kappa shape index (κ2) is 9.40. The second-order valence-corrected chi connectivity index (χ2v) is 10.2. The smallest absolute Gasteiger partial charge is 0.298 e. The molecule has 6 rings (SSSR count). The summed E-state index contributed by atoms with van der Waals surface area (Å²) in [4.78, 5) is 36.7. The van der Waals surface area contributed by atoms with Crippen LogP contribution >= 0.6 is 0 Å². The van der Waals surface area contributed by atoms with Crippen molar-refractivity contribution in [2.45, 2.75) is 50.5 Å². The van der Waals surface area contributed by atoms with Crippen LogP contribution in [0.25, 0.3) is 11.1 Å². The van der Waals surface area contributed by atoms with Gasteiger partial charge in [-0.05, 0) is 37.5 Å². The Bertz CT molecular complexity index is 1100. The Morgan fingerprint density at radius 3 is 2.74 bits per heavy atom. The molecule has 4 atom stereocenters. The van der Waals surface area contributed by atoms with Crippen LogP contribution in [-0.2, 0) is 9.53 Å². The molecule has 1 aromatic carbocycles. The van der Waals surface area contributed by atoms with Crippen LogP contribution < -0.4 is 15.5 Å². The number of methoxy groups -OCH3 is 1. The highest BCUT2D eigenvalue weighted by atomic mass is 16.5. The number of hydrogen-bond acceptors (Lipinski definition) is 8. The van der Waals surface area contributed by atoms with E-state index < -0.39 is 0 Å². The van der Waals surface area contributed by atoms with Crippen molar-refractivity contribution in [1.29, 1.82) is 0 Å². The van der Waals surface area contributed by atoms with Crippen molar-refractivity contribution < 1.29 is 18.7 Å². The number of ether oxygens (including phenoxy) is 1. The second-order valence-electron chi connectivity index (χ2n) is 10.2. The van der Waals surface area contributed by atoms with Gasteiger partial charge in [0.25, 0.3) is 11.9 Å². The largest absolute Gasteiger partial charge is 0.423 e. The van der Waals surface area contributed by atoms with Gasteiger partial charge in [-0.25, -0.2) is 0 Å². The van der Waals surface area contributed by atoms with Crippen LogP contribution in [0.15, 0.2) is 22.6 Å². The van der Waals surface area contributed by atoms with E-state index in [2.05, 4.69) is 25.4 Å². The molecule has 4 unspecified atom stereocenters. The van der Waals surface area contributed by atoms with Gasteiger partial charge in [-0.3, -0.25) is 19.8 Å². The highest BCUT2D eigenvalue weighted by molar-refractivity contribution is 5.97. The van der Waals surface area contributed by atoms with Crippen molar-refractivity contribution in [3.63, 3.8) is 0 Å². The van der Waals surface area contributed by atoms with Gasteiger partial charge in [0.15, 0.2) is 5.58 Å². The lowest BCUT2D eigenvalue weighted by Crippen LogP contribution is -2.69. The van der Waals surface area contributed by atoms with Crippen LogP contribution in [0.4, 0.5) is 6.01 Å². The minimum absolute atomic E-state index is 0.00176. The summed E-state index contributed by atoms with van der Waals surface area (Å²) in [6, 6.07) is 6.34. The summed E-state index contributed by atoms with van der Waals surface area (Å²) in [7, 11) is 1.73. The maximum Gasteiger partial charge on any atom is 0.298 e. The van der Waals surface area contributed by atoms with Gasteiger partial charge in [-0.2, -0.15) is 4.98 Å². The van der Waals surface area contributed by atoms with Gasteiger partial charge in [-0.1, -0.05) is 12.8 Å². The van der Waals surface area contributed by atoms with Gasteiger partial charge >= 0.3 is 0 Å². The molecule has 1 aromatic heterocycles. The first-order valence-electron chi connectivity index (χ1n) is 12.9. The molecule has 188 valence electrons. The van der Waals surface area contributed by atoms with Crippen molar-refractivity contribution in [3.8, 4) is 0 Å². The van der Waals surface area contributed by atoms with Gasteiger partial charge < -0.3 is 24.3 Å². The van der Waals surface area contributed by atoms with Crippen LogP contribution in [0.3, 0.4) is 0 Å². The summed E-state index contributed by atoms with van der Waals surface area (Å²) in [5, 5.41) is 6.80. The molecule has 0 bridgehead atoms. The number of nitrogens with one attached hydrogen (secondary N) is 2. The molecule has 4 heterocycles. The van der Waals surface area contributed by atoms with E-state index in [1.54, 1.807) is 13.2 Å². The van der Waals surface area contributed by atoms with Crippen LogP contribution in [0.2, 0.25) is 0 Å². The molecule has 4 aliphatic rings. The topological polar surface area (TPSA) is 103 Å². The maximum atomic E-state index is 13.2. The maximum absolute atomic E-state index is 13.2. The van der Waals surface area contributed by atoms with E-state index in [-0.39, 0.29) is 36.2 Å². The number of nitrogens with zero attached hydrogens (tertiary/aromatic N) is 4. The fraction of sp³-hybridized carbons (Fsp3) is 0.640. The Kier molecular flexibility index (Phi) is 6.11. The lowest BCUT2D eigenvalue weighted by Gasteiger charge is -2.46. The van der Waals surface area contributed by atoms with E-state index in [1.807, 2.05) is 17.0 Å². The van der Waals surface area contributed by atoms with E-state index in [1.165, 1.54) is 6.42 Å². The number of aromatic nitrogens is 1. The zero-order valence-electron chi connectivity index (χ0n) is 20.2. The predicted molar refractivity (Wildman–Crippen MR) is 130 cm³/mol. The number of benzene rings is 1. The molecule has 4 fully saturated rings. The molecule has 3 saturated heterocycles. The fourth-order valence-electron chi connectivity index (χ4n) is 5.97. The highest BCUT2D eigenvalue weighted by Gasteiger charge is 2.40. The van der Waals surface area contributed by atoms with E-state index in [0.29, 0.717) is 43.3 Å². The van der Waals surface area contributed by atoms with Crippen LogP contribution in [0.1, 0.15) is 42.5 Å². The molecule has 2 N–H and O–H groups in total. The Morgan fingerprint density at radius 2 is 1.94 bits per heavy atom. The van der Waals surface area contributed by atoms with Gasteiger partial charge in [0.05, 0.1) is 12.0 Å². The Morgan fingerprint density at radius 1 is 1.11 bits per heavy atom. The molecule has 1 aliphatic carbocycles. The number of fused-ring (bicyclic) bond motifs is 2. The van der Waals surface area contributed by atoms with Gasteiger partial charge in [-0.15, -0.1) is 0 Å². The first-order chi connectivity index (χ1) is 17.1. The molecule has 10 nitrogen and oxygen atoms in total. The summed E-state index contributed by atoms with van der Waals surface area (Å²) >= 11 is 0. The monoisotopic (exact) mass is 482 g/mol. The summed E-state index contributed by atoms with van der Waals surface area (Å²) < 4.78 is 11.4. The zero-order chi connectivity index (χ0) is 23.9. The molecular formula is C25H34N6O4. The van der Waals surface area contributed by atoms with Crippen molar-refractivity contribution in [1.82, 2.24) is 25.4 Å². The van der Waals surface area contributed by atoms with E-state index in [4.69, 9.17) is 9.15 Å². The summed E-state index contributed by atoms with van der Waals surface area (Å²) in [6.07, 6.45) is 5.35. The van der Waals surface area contributed by atoms with E-state index >= 15 is 0 Å².